The van der Waals surface area contributed by atoms with Crippen molar-refractivity contribution >= 4 is 17.4 Å². The largest absolute Gasteiger partial charge is 0.435 e. The van der Waals surface area contributed by atoms with E-state index in [1.807, 2.05) is 0 Å². The third kappa shape index (κ3) is 5.96. The summed E-state index contributed by atoms with van der Waals surface area (Å²) < 4.78 is 111. The van der Waals surface area contributed by atoms with Crippen LogP contribution in [0.4, 0.5) is 40.8 Å². The molecule has 0 unspecified atom stereocenters. The van der Waals surface area contributed by atoms with Crippen LogP contribution in [0.15, 0.2) is 54.9 Å². The average molecular weight is 587 g/mol. The summed E-state index contributed by atoms with van der Waals surface area (Å²) in [5.41, 5.74) is -7.79. The van der Waals surface area contributed by atoms with Crippen LogP contribution >= 0.6 is 0 Å². The summed E-state index contributed by atoms with van der Waals surface area (Å²) in [6, 6.07) is 7.60. The second kappa shape index (κ2) is 12.0. The van der Waals surface area contributed by atoms with Crippen LogP contribution in [0.2, 0.25) is 0 Å². The monoisotopic (exact) mass is 586 g/mol. The minimum atomic E-state index is -6.29. The van der Waals surface area contributed by atoms with Crippen LogP contribution in [0.5, 0.6) is 0 Å². The van der Waals surface area contributed by atoms with Gasteiger partial charge in [0.1, 0.15) is 0 Å². The van der Waals surface area contributed by atoms with Crippen molar-refractivity contribution in [1.82, 2.24) is 4.98 Å². The number of Topliss-reactive ketones (excluding diaryl/α,β-unsaturated/α-hetero) is 1. The predicted octanol–water partition coefficient (Wildman–Crippen LogP) is 7.73. The van der Waals surface area contributed by atoms with E-state index in [1.165, 1.54) is 50.5 Å². The molecule has 0 saturated heterocycles. The number of halogens is 8. The number of aryl methyl sites for hydroxylation is 2. The van der Waals surface area contributed by atoms with Crippen LogP contribution in [-0.4, -0.2) is 35.6 Å². The maximum absolute atomic E-state index is 15.7. The third-order valence-corrected chi connectivity index (χ3v) is 6.77. The Morgan fingerprint density at radius 3 is 1.83 bits per heavy atom. The van der Waals surface area contributed by atoms with Crippen molar-refractivity contribution in [1.29, 1.82) is 0 Å². The smallest absolute Gasteiger partial charge is 0.306 e. The van der Waals surface area contributed by atoms with Gasteiger partial charge >= 0.3 is 18.0 Å². The van der Waals surface area contributed by atoms with Gasteiger partial charge in [0, 0.05) is 36.5 Å². The lowest BCUT2D eigenvalue weighted by atomic mass is 9.85. The third-order valence-electron chi connectivity index (χ3n) is 6.77. The van der Waals surface area contributed by atoms with Crippen molar-refractivity contribution in [2.24, 2.45) is 0 Å². The number of pyridine rings is 1. The molecule has 3 rings (SSSR count). The molecular formula is C29H26F8N2O2. The molecule has 41 heavy (non-hydrogen) atoms. The van der Waals surface area contributed by atoms with Crippen molar-refractivity contribution < 1.29 is 44.7 Å². The highest BCUT2D eigenvalue weighted by Gasteiger charge is 2.73. The van der Waals surface area contributed by atoms with E-state index in [1.54, 1.807) is 6.92 Å². The van der Waals surface area contributed by atoms with Gasteiger partial charge < -0.3 is 4.90 Å². The molecule has 12 heteroatoms. The van der Waals surface area contributed by atoms with Gasteiger partial charge in [0.2, 0.25) is 0 Å². The number of anilines is 1. The molecule has 3 aromatic rings. The molecule has 0 N–H and O–H groups in total. The van der Waals surface area contributed by atoms with E-state index in [4.69, 9.17) is 0 Å². The number of nitrogens with zero attached hydrogens (tertiary/aromatic N) is 2. The summed E-state index contributed by atoms with van der Waals surface area (Å²) in [7, 11) is 0. The topological polar surface area (TPSA) is 50.3 Å². The number of aromatic nitrogens is 1. The Hall–Kier alpha value is -3.83. The van der Waals surface area contributed by atoms with E-state index in [0.29, 0.717) is 12.1 Å². The number of alkyl halides is 7. The first-order chi connectivity index (χ1) is 19.1. The Kier molecular flexibility index (Phi) is 9.24. The number of benzene rings is 2. The zero-order valence-corrected chi connectivity index (χ0v) is 22.3. The Morgan fingerprint density at radius 2 is 1.37 bits per heavy atom. The molecule has 0 aliphatic rings. The van der Waals surface area contributed by atoms with Gasteiger partial charge in [-0.15, -0.1) is 0 Å². The molecule has 0 aliphatic heterocycles. The highest BCUT2D eigenvalue weighted by Crippen LogP contribution is 2.53. The van der Waals surface area contributed by atoms with Crippen LogP contribution in [0.1, 0.15) is 63.7 Å². The molecular weight excluding hydrogens is 560 g/mol. The molecule has 0 aliphatic carbocycles. The Balaban J connectivity index is 2.06. The van der Waals surface area contributed by atoms with E-state index in [0.717, 1.165) is 11.0 Å². The van der Waals surface area contributed by atoms with Crippen molar-refractivity contribution in [2.75, 3.05) is 11.4 Å². The first kappa shape index (κ1) is 31.7. The van der Waals surface area contributed by atoms with Crippen LogP contribution < -0.4 is 4.90 Å². The first-order valence-corrected chi connectivity index (χ1v) is 12.6. The number of hydrogen-bond donors (Lipinski definition) is 0. The summed E-state index contributed by atoms with van der Waals surface area (Å²) in [6.45, 7) is 4.50. The van der Waals surface area contributed by atoms with Crippen molar-refractivity contribution in [3.8, 4) is 0 Å². The molecule has 4 nitrogen and oxygen atoms in total. The van der Waals surface area contributed by atoms with Crippen LogP contribution in [0.25, 0.3) is 0 Å². The van der Waals surface area contributed by atoms with Crippen LogP contribution in [-0.2, 0) is 24.9 Å². The zero-order valence-electron chi connectivity index (χ0n) is 22.3. The maximum Gasteiger partial charge on any atom is 0.435 e. The number of ketones is 1. The normalized spacial score (nSPS) is 12.4. The van der Waals surface area contributed by atoms with Gasteiger partial charge in [-0.05, 0) is 60.7 Å². The predicted molar refractivity (Wildman–Crippen MR) is 136 cm³/mol. The summed E-state index contributed by atoms with van der Waals surface area (Å²) in [6.07, 6.45) is -10.6. The highest BCUT2D eigenvalue weighted by atomic mass is 19.4. The van der Waals surface area contributed by atoms with Gasteiger partial charge in [0.15, 0.2) is 11.6 Å². The fourth-order valence-electron chi connectivity index (χ4n) is 4.62. The number of rotatable bonds is 9. The summed E-state index contributed by atoms with van der Waals surface area (Å²) >= 11 is 0. The van der Waals surface area contributed by atoms with E-state index in [-0.39, 0.29) is 47.3 Å². The Morgan fingerprint density at radius 1 is 0.829 bits per heavy atom. The van der Waals surface area contributed by atoms with Crippen molar-refractivity contribution in [2.45, 2.75) is 58.1 Å². The molecule has 0 spiro atoms. The van der Waals surface area contributed by atoms with Crippen molar-refractivity contribution in [3.05, 3.63) is 94.1 Å². The fourth-order valence-corrected chi connectivity index (χ4v) is 4.62. The van der Waals surface area contributed by atoms with E-state index in [2.05, 4.69) is 4.98 Å². The van der Waals surface area contributed by atoms with Gasteiger partial charge in [-0.3, -0.25) is 14.6 Å². The lowest BCUT2D eigenvalue weighted by Gasteiger charge is -2.31. The zero-order chi connectivity index (χ0) is 30.8. The molecule has 0 fully saturated rings. The van der Waals surface area contributed by atoms with Gasteiger partial charge in [-0.25, -0.2) is 8.78 Å². The Labute approximate surface area is 231 Å². The molecule has 0 atom stereocenters. The second-order valence-corrected chi connectivity index (χ2v) is 9.16. The number of hydrogen-bond acceptors (Lipinski definition) is 3. The second-order valence-electron chi connectivity index (χ2n) is 9.16. The first-order valence-electron chi connectivity index (χ1n) is 12.6. The molecule has 1 aromatic heterocycles. The standard InChI is InChI=1S/C29H26F8N2O2/c1-4-17-14-20(27(31,28(32,33)34)29(35,36)37)15-18(5-2)22(17)16-24(40)21-8-7-9-23(25(21)30)39(6-3)26(41)19-10-12-38-13-11-19/h7-15H,4-6,16H2,1-3H3. The van der Waals surface area contributed by atoms with Crippen molar-refractivity contribution in [3.63, 3.8) is 0 Å². The highest BCUT2D eigenvalue weighted by molar-refractivity contribution is 6.07. The Bertz CT molecular complexity index is 1380. The minimum absolute atomic E-state index is 0.0422. The maximum atomic E-state index is 15.7. The number of carbonyl (C=O) groups is 2. The van der Waals surface area contributed by atoms with Gasteiger partial charge in [-0.2, -0.15) is 26.3 Å². The molecule has 220 valence electrons. The summed E-state index contributed by atoms with van der Waals surface area (Å²) in [5, 5.41) is 0. The van der Waals surface area contributed by atoms with Crippen LogP contribution in [0.3, 0.4) is 0 Å². The molecule has 1 heterocycles. The number of carbonyl (C=O) groups excluding carboxylic acids is 2. The summed E-state index contributed by atoms with van der Waals surface area (Å²) in [5.74, 6) is -2.40. The lowest BCUT2D eigenvalue weighted by Crippen LogP contribution is -2.50. The minimum Gasteiger partial charge on any atom is -0.306 e. The van der Waals surface area contributed by atoms with E-state index >= 15 is 4.39 Å². The van der Waals surface area contributed by atoms with Gasteiger partial charge in [0.25, 0.3) is 5.91 Å². The van der Waals surface area contributed by atoms with Gasteiger partial charge in [-0.1, -0.05) is 32.0 Å². The van der Waals surface area contributed by atoms with E-state index in [9.17, 15) is 40.3 Å². The molecule has 1 amide bonds. The van der Waals surface area contributed by atoms with Crippen LogP contribution in [0, 0.1) is 5.82 Å². The number of amides is 1. The van der Waals surface area contributed by atoms with E-state index < -0.39 is 53.1 Å². The quantitative estimate of drug-likeness (QED) is 0.191. The molecule has 2 aromatic carbocycles. The SMILES string of the molecule is CCc1cc(C(F)(C(F)(F)F)C(F)(F)F)cc(CC)c1CC(=O)c1cccc(N(CC)C(=O)c2ccncc2)c1F. The van der Waals surface area contributed by atoms with Gasteiger partial charge in [0.05, 0.1) is 11.3 Å². The molecule has 0 saturated carbocycles. The molecule has 0 bridgehead atoms. The lowest BCUT2D eigenvalue weighted by molar-refractivity contribution is -0.348. The fraction of sp³-hybridized carbons (Fsp3) is 0.345. The average Bonchev–Trinajstić information content (AvgIpc) is 2.92. The molecule has 0 radical (unpaired) electrons. The summed E-state index contributed by atoms with van der Waals surface area (Å²) in [4.78, 5) is 31.2.